The van der Waals surface area contributed by atoms with Crippen LogP contribution in [-0.2, 0) is 16.0 Å². The first-order chi connectivity index (χ1) is 16.9. The Labute approximate surface area is 207 Å². The van der Waals surface area contributed by atoms with E-state index >= 15 is 0 Å². The number of hydrogen-bond donors (Lipinski definition) is 2. The summed E-state index contributed by atoms with van der Waals surface area (Å²) in [4.78, 5) is 13.4. The van der Waals surface area contributed by atoms with Gasteiger partial charge in [-0.05, 0) is 70.8 Å². The van der Waals surface area contributed by atoms with Gasteiger partial charge in [0.05, 0.1) is 5.92 Å². The zero-order valence-corrected chi connectivity index (χ0v) is 19.3. The summed E-state index contributed by atoms with van der Waals surface area (Å²) < 4.78 is 11.6. The Kier molecular flexibility index (Phi) is 4.97. The van der Waals surface area contributed by atoms with Crippen molar-refractivity contribution in [3.8, 4) is 17.2 Å². The molecule has 35 heavy (non-hydrogen) atoms. The summed E-state index contributed by atoms with van der Waals surface area (Å²) in [5.41, 5.74) is -1.13. The Morgan fingerprint density at radius 2 is 1.37 bits per heavy atom. The maximum absolute atomic E-state index is 13.4. The first kappa shape index (κ1) is 21.9. The van der Waals surface area contributed by atoms with E-state index in [9.17, 15) is 15.0 Å². The molecule has 2 N–H and O–H groups in total. The van der Waals surface area contributed by atoms with Crippen molar-refractivity contribution in [3.63, 3.8) is 0 Å². The Morgan fingerprint density at radius 3 is 2.11 bits per heavy atom. The molecule has 5 nitrogen and oxygen atoms in total. The zero-order chi connectivity index (χ0) is 24.2. The first-order valence-electron chi connectivity index (χ1n) is 11.3. The molecule has 0 saturated heterocycles. The highest BCUT2D eigenvalue weighted by Crippen LogP contribution is 2.60. The Morgan fingerprint density at radius 1 is 0.743 bits per heavy atom. The van der Waals surface area contributed by atoms with Crippen molar-refractivity contribution in [1.29, 1.82) is 0 Å². The summed E-state index contributed by atoms with van der Waals surface area (Å²) in [6.45, 7) is 0. The number of esters is 1. The fraction of sp³-hybridized carbons (Fsp3) is 0.138. The third kappa shape index (κ3) is 3.35. The maximum Gasteiger partial charge on any atom is 0.318 e. The number of hydrogen-bond acceptors (Lipinski definition) is 5. The molecule has 4 aromatic rings. The van der Waals surface area contributed by atoms with Crippen LogP contribution in [0.15, 0.2) is 97.1 Å². The van der Waals surface area contributed by atoms with Crippen molar-refractivity contribution in [2.45, 2.75) is 17.6 Å². The fourth-order valence-electron chi connectivity index (χ4n) is 5.33. The van der Waals surface area contributed by atoms with Gasteiger partial charge in [0.2, 0.25) is 0 Å². The van der Waals surface area contributed by atoms with E-state index in [1.54, 1.807) is 60.7 Å². The second-order valence-corrected chi connectivity index (χ2v) is 9.36. The molecule has 6 heteroatoms. The Hall–Kier alpha value is -3.64. The number of carbonyl (C=O) groups excluding carboxylic acids is 1. The molecule has 3 aliphatic rings. The number of halogens is 1. The van der Waals surface area contributed by atoms with E-state index in [-0.39, 0.29) is 6.42 Å². The molecule has 0 saturated carbocycles. The lowest BCUT2D eigenvalue weighted by Gasteiger charge is -2.53. The number of ether oxygens (including phenoxy) is 2. The van der Waals surface area contributed by atoms with Gasteiger partial charge < -0.3 is 19.7 Å². The van der Waals surface area contributed by atoms with Crippen molar-refractivity contribution in [2.75, 3.05) is 0 Å². The molecule has 2 bridgehead atoms. The van der Waals surface area contributed by atoms with Crippen LogP contribution in [0.25, 0.3) is 0 Å². The molecule has 3 atom stereocenters. The molecular weight excluding hydrogens is 464 g/mol. The van der Waals surface area contributed by atoms with Crippen molar-refractivity contribution in [3.05, 3.63) is 124 Å². The lowest BCUT2D eigenvalue weighted by Crippen LogP contribution is -2.57. The van der Waals surface area contributed by atoms with E-state index in [0.29, 0.717) is 44.5 Å². The van der Waals surface area contributed by atoms with Gasteiger partial charge in [0.25, 0.3) is 0 Å². The summed E-state index contributed by atoms with van der Waals surface area (Å²) in [6, 6.07) is 28.1. The standard InChI is InChI=1S/C29H21ClO5/c30-18-10-12-20(13-11-18)35-27(31)26-17-28(32)22-8-4-5-9-23(22)29(26,33)24-15-14-21(16-25(24)28)34-19-6-2-1-3-7-19/h1-16,26,32-33H,17H2. The van der Waals surface area contributed by atoms with E-state index in [2.05, 4.69) is 0 Å². The number of benzene rings is 4. The van der Waals surface area contributed by atoms with E-state index in [1.807, 2.05) is 36.4 Å². The quantitative estimate of drug-likeness (QED) is 0.294. The number of fused-ring (bicyclic) bond motifs is 1. The van der Waals surface area contributed by atoms with Gasteiger partial charge in [-0.25, -0.2) is 0 Å². The van der Waals surface area contributed by atoms with Gasteiger partial charge >= 0.3 is 5.97 Å². The molecule has 0 aliphatic heterocycles. The highest BCUT2D eigenvalue weighted by Gasteiger charge is 2.62. The van der Waals surface area contributed by atoms with Crippen LogP contribution in [0.2, 0.25) is 5.02 Å². The predicted molar refractivity (Wildman–Crippen MR) is 131 cm³/mol. The van der Waals surface area contributed by atoms with E-state index in [0.717, 1.165) is 0 Å². The van der Waals surface area contributed by atoms with Gasteiger partial charge in [-0.2, -0.15) is 0 Å². The first-order valence-corrected chi connectivity index (χ1v) is 11.7. The van der Waals surface area contributed by atoms with Crippen LogP contribution in [0.3, 0.4) is 0 Å². The van der Waals surface area contributed by atoms with Gasteiger partial charge in [-0.3, -0.25) is 4.79 Å². The summed E-state index contributed by atoms with van der Waals surface area (Å²) in [7, 11) is 0. The number of carbonyl (C=O) groups is 1. The maximum atomic E-state index is 13.4. The average Bonchev–Trinajstić information content (AvgIpc) is 2.88. The highest BCUT2D eigenvalue weighted by atomic mass is 35.5. The van der Waals surface area contributed by atoms with Crippen molar-refractivity contribution < 1.29 is 24.5 Å². The van der Waals surface area contributed by atoms with Gasteiger partial charge in [-0.15, -0.1) is 0 Å². The third-order valence-electron chi connectivity index (χ3n) is 6.93. The minimum absolute atomic E-state index is 0.0330. The van der Waals surface area contributed by atoms with Crippen molar-refractivity contribution >= 4 is 17.6 Å². The highest BCUT2D eigenvalue weighted by molar-refractivity contribution is 6.30. The van der Waals surface area contributed by atoms with Crippen molar-refractivity contribution in [2.24, 2.45) is 5.92 Å². The molecular formula is C29H21ClO5. The van der Waals surface area contributed by atoms with Crippen LogP contribution >= 0.6 is 11.6 Å². The summed E-state index contributed by atoms with van der Waals surface area (Å²) in [6.07, 6.45) is -0.0330. The van der Waals surface area contributed by atoms with Crippen LogP contribution in [0.5, 0.6) is 17.2 Å². The Bertz CT molecular complexity index is 1440. The minimum atomic E-state index is -1.68. The molecule has 0 radical (unpaired) electrons. The van der Waals surface area contributed by atoms with Crippen LogP contribution < -0.4 is 9.47 Å². The monoisotopic (exact) mass is 484 g/mol. The predicted octanol–water partition coefficient (Wildman–Crippen LogP) is 5.54. The average molecular weight is 485 g/mol. The molecule has 0 fully saturated rings. The molecule has 3 aliphatic carbocycles. The molecule has 3 unspecified atom stereocenters. The molecule has 0 aromatic heterocycles. The lowest BCUT2D eigenvalue weighted by atomic mass is 9.54. The Balaban J connectivity index is 1.44. The van der Waals surface area contributed by atoms with Gasteiger partial charge in [0.15, 0.2) is 0 Å². The fourth-order valence-corrected chi connectivity index (χ4v) is 5.46. The SMILES string of the molecule is O=C(Oc1ccc(Cl)cc1)C1CC2(O)c3ccccc3C1(O)c1ccc(Oc3ccccc3)cc12. The molecule has 174 valence electrons. The topological polar surface area (TPSA) is 76.0 Å². The smallest absolute Gasteiger partial charge is 0.318 e. The van der Waals surface area contributed by atoms with Crippen molar-refractivity contribution in [1.82, 2.24) is 0 Å². The number of aliphatic hydroxyl groups is 2. The second kappa shape index (κ2) is 7.95. The van der Waals surface area contributed by atoms with Gasteiger partial charge in [0.1, 0.15) is 28.5 Å². The zero-order valence-electron chi connectivity index (χ0n) is 18.5. The van der Waals surface area contributed by atoms with E-state index in [4.69, 9.17) is 21.1 Å². The third-order valence-corrected chi connectivity index (χ3v) is 7.18. The molecule has 0 heterocycles. The van der Waals surface area contributed by atoms with Crippen LogP contribution in [0, 0.1) is 5.92 Å². The molecule has 0 amide bonds. The van der Waals surface area contributed by atoms with Gasteiger partial charge in [-0.1, -0.05) is 60.1 Å². The summed E-state index contributed by atoms with van der Waals surface area (Å²) in [5.74, 6) is -0.151. The summed E-state index contributed by atoms with van der Waals surface area (Å²) in [5, 5.41) is 24.8. The minimum Gasteiger partial charge on any atom is -0.457 e. The van der Waals surface area contributed by atoms with Crippen LogP contribution in [0.4, 0.5) is 0 Å². The van der Waals surface area contributed by atoms with Crippen LogP contribution in [-0.4, -0.2) is 16.2 Å². The second-order valence-electron chi connectivity index (χ2n) is 8.93. The summed E-state index contributed by atoms with van der Waals surface area (Å²) >= 11 is 5.94. The van der Waals surface area contributed by atoms with Crippen LogP contribution in [0.1, 0.15) is 28.7 Å². The van der Waals surface area contributed by atoms with E-state index in [1.165, 1.54) is 0 Å². The number of para-hydroxylation sites is 1. The van der Waals surface area contributed by atoms with E-state index < -0.39 is 23.1 Å². The molecule has 4 aromatic carbocycles. The molecule has 0 spiro atoms. The molecule has 7 rings (SSSR count). The largest absolute Gasteiger partial charge is 0.457 e. The normalized spacial score (nSPS) is 23.8. The number of rotatable bonds is 4. The lowest BCUT2D eigenvalue weighted by molar-refractivity contribution is -0.157. The van der Waals surface area contributed by atoms with Gasteiger partial charge in [0, 0.05) is 11.4 Å².